The van der Waals surface area contributed by atoms with E-state index in [0.717, 1.165) is 71.4 Å². The Kier molecular flexibility index (Phi) is 54.0. The summed E-state index contributed by atoms with van der Waals surface area (Å²) in [5.41, 5.74) is 0. The largest absolute Gasteiger partial charge is 0.466 e. The van der Waals surface area contributed by atoms with Crippen LogP contribution < -0.4 is 0 Å². The molecule has 0 aliphatic carbocycles. The molecule has 63 heavy (non-hydrogen) atoms. The molecule has 0 rings (SSSR count). The van der Waals surface area contributed by atoms with E-state index in [1.165, 1.54) is 205 Å². The van der Waals surface area contributed by atoms with Gasteiger partial charge in [-0.25, -0.2) is 0 Å². The highest BCUT2D eigenvalue weighted by Crippen LogP contribution is 2.15. The summed E-state index contributed by atoms with van der Waals surface area (Å²) in [6.45, 7) is 13.0. The molecule has 0 fully saturated rings. The number of unbranched alkanes of at least 4 members (excludes halogenated alkanes) is 31. The highest BCUT2D eigenvalue weighted by atomic mass is 16.5. The summed E-state index contributed by atoms with van der Waals surface area (Å²) in [6, 6.07) is 0. The van der Waals surface area contributed by atoms with Crippen LogP contribution in [0.25, 0.3) is 0 Å². The summed E-state index contributed by atoms with van der Waals surface area (Å²) in [5.74, 6) is -0.0126. The van der Waals surface area contributed by atoms with Crippen molar-refractivity contribution in [2.75, 3.05) is 72.3 Å². The second kappa shape index (κ2) is 55.1. The van der Waals surface area contributed by atoms with E-state index in [1.54, 1.807) is 0 Å². The van der Waals surface area contributed by atoms with E-state index in [9.17, 15) is 9.90 Å². The number of carbonyl (C=O) groups is 1. The molecule has 0 spiro atoms. The van der Waals surface area contributed by atoms with Crippen molar-refractivity contribution < 1.29 is 24.5 Å². The zero-order valence-corrected chi connectivity index (χ0v) is 42.5. The molecule has 0 saturated carbocycles. The molecular weight excluding hydrogens is 781 g/mol. The van der Waals surface area contributed by atoms with Gasteiger partial charge in [0.1, 0.15) is 0 Å². The van der Waals surface area contributed by atoms with Gasteiger partial charge in [0, 0.05) is 19.5 Å². The Morgan fingerprint density at radius 1 is 0.381 bits per heavy atom. The van der Waals surface area contributed by atoms with Gasteiger partial charge in [-0.15, -0.1) is 0 Å². The number of aliphatic hydroxyl groups is 2. The van der Waals surface area contributed by atoms with Crippen molar-refractivity contribution in [2.45, 2.75) is 258 Å². The van der Waals surface area contributed by atoms with Crippen molar-refractivity contribution in [1.82, 2.24) is 9.80 Å². The zero-order valence-electron chi connectivity index (χ0n) is 42.5. The van der Waals surface area contributed by atoms with Gasteiger partial charge in [0.25, 0.3) is 0 Å². The zero-order chi connectivity index (χ0) is 45.6. The lowest BCUT2D eigenvalue weighted by atomic mass is 10.1. The second-order valence-corrected chi connectivity index (χ2v) is 18.8. The number of rotatable bonds is 54. The first-order chi connectivity index (χ1) is 31.2. The normalized spacial score (nSPS) is 12.0. The van der Waals surface area contributed by atoms with Gasteiger partial charge in [-0.2, -0.15) is 0 Å². The minimum Gasteiger partial charge on any atom is -0.466 e. The van der Waals surface area contributed by atoms with Crippen LogP contribution in [-0.4, -0.2) is 98.3 Å². The van der Waals surface area contributed by atoms with Crippen LogP contribution >= 0.6 is 0 Å². The number of allylic oxidation sites excluding steroid dienone is 4. The molecule has 7 nitrogen and oxygen atoms in total. The van der Waals surface area contributed by atoms with Gasteiger partial charge < -0.3 is 29.5 Å². The van der Waals surface area contributed by atoms with Gasteiger partial charge in [0.05, 0.1) is 33.0 Å². The molecular formula is C56H110N2O5. The third kappa shape index (κ3) is 51.6. The lowest BCUT2D eigenvalue weighted by Crippen LogP contribution is -2.30. The molecule has 0 aliphatic heterocycles. The van der Waals surface area contributed by atoms with Crippen LogP contribution in [0.2, 0.25) is 0 Å². The predicted octanol–water partition coefficient (Wildman–Crippen LogP) is 15.1. The maximum atomic E-state index is 12.2. The maximum Gasteiger partial charge on any atom is 0.305 e. The Bertz CT molecular complexity index is 929. The second-order valence-electron chi connectivity index (χ2n) is 18.8. The van der Waals surface area contributed by atoms with Crippen LogP contribution in [0, 0.1) is 0 Å². The number of aliphatic hydroxyl groups excluding tert-OH is 2. The first kappa shape index (κ1) is 61.8. The molecule has 2 N–H and O–H groups in total. The van der Waals surface area contributed by atoms with Crippen molar-refractivity contribution >= 4 is 5.97 Å². The quantitative estimate of drug-likeness (QED) is 0.0358. The van der Waals surface area contributed by atoms with Crippen molar-refractivity contribution in [3.05, 3.63) is 24.3 Å². The van der Waals surface area contributed by atoms with Crippen LogP contribution in [0.5, 0.6) is 0 Å². The first-order valence-electron chi connectivity index (χ1n) is 27.9. The number of carbonyl (C=O) groups excluding carboxylic acids is 1. The molecule has 0 aromatic carbocycles. The molecule has 7 heteroatoms. The molecule has 0 heterocycles. The third-order valence-electron chi connectivity index (χ3n) is 12.7. The van der Waals surface area contributed by atoms with Gasteiger partial charge in [-0.05, 0) is 96.8 Å². The fourth-order valence-corrected chi connectivity index (χ4v) is 8.56. The Morgan fingerprint density at radius 2 is 0.762 bits per heavy atom. The Hall–Kier alpha value is -1.25. The Morgan fingerprint density at radius 3 is 1.22 bits per heavy atom. The SMILES string of the molecule is CCCCC/C=C\C/C=C\CCCCCCCCN(CCCCCCCCCCOC(=O)CCCCCCCCCN(CCO)CCCCCCCCCCCC)CCOCCO. The highest BCUT2D eigenvalue weighted by molar-refractivity contribution is 5.69. The van der Waals surface area contributed by atoms with E-state index in [4.69, 9.17) is 14.6 Å². The Balaban J connectivity index is 3.70. The topological polar surface area (TPSA) is 82.5 Å². The number of hydrogen-bond donors (Lipinski definition) is 2. The monoisotopic (exact) mass is 891 g/mol. The van der Waals surface area contributed by atoms with E-state index in [0.29, 0.717) is 26.2 Å². The molecule has 0 aromatic rings. The fourth-order valence-electron chi connectivity index (χ4n) is 8.56. The number of nitrogens with zero attached hydrogens (tertiary/aromatic N) is 2. The summed E-state index contributed by atoms with van der Waals surface area (Å²) in [7, 11) is 0. The molecule has 374 valence electrons. The molecule has 0 bridgehead atoms. The molecule has 0 aliphatic rings. The molecule has 0 radical (unpaired) electrons. The molecule has 0 saturated heterocycles. The van der Waals surface area contributed by atoms with Gasteiger partial charge in [-0.3, -0.25) is 4.79 Å². The summed E-state index contributed by atoms with van der Waals surface area (Å²) < 4.78 is 11.1. The number of esters is 1. The lowest BCUT2D eigenvalue weighted by Gasteiger charge is -2.22. The lowest BCUT2D eigenvalue weighted by molar-refractivity contribution is -0.143. The van der Waals surface area contributed by atoms with E-state index >= 15 is 0 Å². The summed E-state index contributed by atoms with van der Waals surface area (Å²) in [6.07, 6.45) is 57.2. The van der Waals surface area contributed by atoms with E-state index in [1.807, 2.05) is 0 Å². The van der Waals surface area contributed by atoms with Crippen molar-refractivity contribution in [2.24, 2.45) is 0 Å². The van der Waals surface area contributed by atoms with Crippen LogP contribution in [0.3, 0.4) is 0 Å². The summed E-state index contributed by atoms with van der Waals surface area (Å²) in [5, 5.41) is 18.6. The first-order valence-corrected chi connectivity index (χ1v) is 27.9. The average molecular weight is 892 g/mol. The van der Waals surface area contributed by atoms with Crippen molar-refractivity contribution in [1.29, 1.82) is 0 Å². The molecule has 0 atom stereocenters. The fraction of sp³-hybridized carbons (Fsp3) is 0.911. The predicted molar refractivity (Wildman–Crippen MR) is 274 cm³/mol. The van der Waals surface area contributed by atoms with Crippen molar-refractivity contribution in [3.8, 4) is 0 Å². The maximum absolute atomic E-state index is 12.2. The van der Waals surface area contributed by atoms with Crippen LogP contribution in [0.4, 0.5) is 0 Å². The molecule has 0 amide bonds. The Labute approximate surface area is 393 Å². The number of hydrogen-bond acceptors (Lipinski definition) is 7. The van der Waals surface area contributed by atoms with Crippen molar-refractivity contribution in [3.63, 3.8) is 0 Å². The van der Waals surface area contributed by atoms with Gasteiger partial charge in [0.2, 0.25) is 0 Å². The smallest absolute Gasteiger partial charge is 0.305 e. The highest BCUT2D eigenvalue weighted by Gasteiger charge is 2.07. The van der Waals surface area contributed by atoms with E-state index < -0.39 is 0 Å². The van der Waals surface area contributed by atoms with Crippen LogP contribution in [0.1, 0.15) is 258 Å². The summed E-state index contributed by atoms with van der Waals surface area (Å²) >= 11 is 0. The summed E-state index contributed by atoms with van der Waals surface area (Å²) in [4.78, 5) is 17.3. The van der Waals surface area contributed by atoms with Gasteiger partial charge in [-0.1, -0.05) is 205 Å². The third-order valence-corrected chi connectivity index (χ3v) is 12.7. The number of ether oxygens (including phenoxy) is 2. The van der Waals surface area contributed by atoms with E-state index in [-0.39, 0.29) is 19.2 Å². The van der Waals surface area contributed by atoms with E-state index in [2.05, 4.69) is 48.0 Å². The van der Waals surface area contributed by atoms with Gasteiger partial charge in [0.15, 0.2) is 0 Å². The van der Waals surface area contributed by atoms with Crippen LogP contribution in [-0.2, 0) is 14.3 Å². The molecule has 0 unspecified atom stereocenters. The minimum absolute atomic E-state index is 0.0126. The average Bonchev–Trinajstić information content (AvgIpc) is 3.29. The standard InChI is InChI=1S/C56H110N2O5/c1-3-5-7-9-11-13-15-16-17-18-19-20-22-28-35-41-47-58(50-54-62-55-52-60)48-42-36-29-23-24-31-37-43-53-63-56(61)44-38-32-26-25-30-34-40-46-57(49-51-59)45-39-33-27-21-14-12-10-8-6-4-2/h11,13,16-17,59-60H,3-10,12,14-15,18-55H2,1-2H3/b13-11-,17-16-. The molecule has 0 aromatic heterocycles. The van der Waals surface area contributed by atoms with Crippen LogP contribution in [0.15, 0.2) is 24.3 Å². The minimum atomic E-state index is -0.0126. The van der Waals surface area contributed by atoms with Gasteiger partial charge >= 0.3 is 5.97 Å².